The third-order valence-electron chi connectivity index (χ3n) is 4.24. The Balaban J connectivity index is 1.72. The van der Waals surface area contributed by atoms with Crippen molar-refractivity contribution in [2.24, 2.45) is 5.73 Å². The second-order valence-corrected chi connectivity index (χ2v) is 8.83. The molecule has 0 saturated carbocycles. The zero-order valence-electron chi connectivity index (χ0n) is 13.3. The minimum atomic E-state index is -0.177. The van der Waals surface area contributed by atoms with E-state index >= 15 is 0 Å². The van der Waals surface area contributed by atoms with Crippen LogP contribution >= 0.6 is 45.9 Å². The van der Waals surface area contributed by atoms with Crippen LogP contribution in [0, 0.1) is 0 Å². The molecule has 0 aromatic carbocycles. The zero-order chi connectivity index (χ0) is 17.4. The lowest BCUT2D eigenvalue weighted by Gasteiger charge is -2.28. The molecular weight excluding hydrogens is 397 g/mol. The van der Waals surface area contributed by atoms with Crippen LogP contribution < -0.4 is 11.1 Å². The maximum absolute atomic E-state index is 6.63. The van der Waals surface area contributed by atoms with Crippen molar-refractivity contribution in [3.8, 4) is 0 Å². The summed E-state index contributed by atoms with van der Waals surface area (Å²) >= 11 is 16.2. The van der Waals surface area contributed by atoms with Crippen molar-refractivity contribution in [3.05, 3.63) is 43.5 Å². The van der Waals surface area contributed by atoms with Gasteiger partial charge in [0, 0.05) is 30.1 Å². The highest BCUT2D eigenvalue weighted by molar-refractivity contribution is 7.20. The SMILES string of the molecule is N[C@H]1CCCO[C@H]1c1sc2c(NCc3cccs3)cc(Cl)nc2c1Cl. The third-order valence-corrected chi connectivity index (χ3v) is 7.08. The molecule has 2 atom stereocenters. The molecule has 8 heteroatoms. The molecule has 0 bridgehead atoms. The Morgan fingerprint density at radius 3 is 3.04 bits per heavy atom. The summed E-state index contributed by atoms with van der Waals surface area (Å²) in [6.07, 6.45) is 1.74. The van der Waals surface area contributed by atoms with E-state index in [1.807, 2.05) is 12.1 Å². The van der Waals surface area contributed by atoms with Gasteiger partial charge in [-0.2, -0.15) is 0 Å². The van der Waals surface area contributed by atoms with Gasteiger partial charge in [-0.15, -0.1) is 22.7 Å². The van der Waals surface area contributed by atoms with Crippen molar-refractivity contribution in [2.75, 3.05) is 11.9 Å². The fraction of sp³-hybridized carbons (Fsp3) is 0.353. The van der Waals surface area contributed by atoms with Crippen LogP contribution in [-0.4, -0.2) is 17.6 Å². The number of nitrogens with two attached hydrogens (primary N) is 1. The van der Waals surface area contributed by atoms with Gasteiger partial charge in [-0.25, -0.2) is 4.98 Å². The minimum absolute atomic E-state index is 0.0442. The molecule has 4 rings (SSSR count). The average Bonchev–Trinajstić information content (AvgIpc) is 3.22. The summed E-state index contributed by atoms with van der Waals surface area (Å²) in [7, 11) is 0. The van der Waals surface area contributed by atoms with Crippen molar-refractivity contribution in [3.63, 3.8) is 0 Å². The maximum Gasteiger partial charge on any atom is 0.131 e. The fourth-order valence-corrected chi connectivity index (χ4v) is 5.51. The van der Waals surface area contributed by atoms with Crippen LogP contribution in [0.2, 0.25) is 10.2 Å². The minimum Gasteiger partial charge on any atom is -0.379 e. The maximum atomic E-state index is 6.63. The second-order valence-electron chi connectivity index (χ2n) is 5.98. The highest BCUT2D eigenvalue weighted by Crippen LogP contribution is 2.45. The molecule has 0 amide bonds. The summed E-state index contributed by atoms with van der Waals surface area (Å²) in [5.74, 6) is 0. The smallest absolute Gasteiger partial charge is 0.131 e. The number of nitrogens with one attached hydrogen (secondary N) is 1. The Morgan fingerprint density at radius 1 is 1.40 bits per heavy atom. The molecular formula is C17H17Cl2N3OS2. The summed E-state index contributed by atoms with van der Waals surface area (Å²) in [4.78, 5) is 6.63. The van der Waals surface area contributed by atoms with Crippen molar-refractivity contribution < 1.29 is 4.74 Å². The van der Waals surface area contributed by atoms with Crippen LogP contribution in [0.5, 0.6) is 0 Å². The van der Waals surface area contributed by atoms with Gasteiger partial charge in [-0.05, 0) is 24.3 Å². The van der Waals surface area contributed by atoms with Gasteiger partial charge in [0.2, 0.25) is 0 Å². The first-order chi connectivity index (χ1) is 12.1. The van der Waals surface area contributed by atoms with E-state index in [1.165, 1.54) is 4.88 Å². The number of nitrogens with zero attached hydrogens (tertiary/aromatic N) is 1. The van der Waals surface area contributed by atoms with Gasteiger partial charge >= 0.3 is 0 Å². The number of ether oxygens (including phenoxy) is 1. The number of thiophene rings is 2. The normalized spacial score (nSPS) is 20.9. The molecule has 4 nitrogen and oxygen atoms in total. The van der Waals surface area contributed by atoms with Crippen LogP contribution in [0.3, 0.4) is 0 Å². The number of rotatable bonds is 4. The van der Waals surface area contributed by atoms with Crippen molar-refractivity contribution in [1.82, 2.24) is 4.98 Å². The largest absolute Gasteiger partial charge is 0.379 e. The van der Waals surface area contributed by atoms with E-state index in [9.17, 15) is 0 Å². The van der Waals surface area contributed by atoms with Gasteiger partial charge in [0.15, 0.2) is 0 Å². The monoisotopic (exact) mass is 413 g/mol. The zero-order valence-corrected chi connectivity index (χ0v) is 16.4. The Kier molecular flexibility index (Phi) is 5.18. The van der Waals surface area contributed by atoms with Crippen molar-refractivity contribution >= 4 is 61.8 Å². The van der Waals surface area contributed by atoms with E-state index < -0.39 is 0 Å². The molecule has 4 heterocycles. The number of aromatic nitrogens is 1. The molecule has 0 radical (unpaired) electrons. The van der Waals surface area contributed by atoms with Gasteiger partial charge in [0.1, 0.15) is 16.8 Å². The van der Waals surface area contributed by atoms with Gasteiger partial charge in [0.25, 0.3) is 0 Å². The topological polar surface area (TPSA) is 60.2 Å². The highest BCUT2D eigenvalue weighted by Gasteiger charge is 2.30. The number of halogens is 2. The molecule has 3 N–H and O–H groups in total. The molecule has 25 heavy (non-hydrogen) atoms. The number of fused-ring (bicyclic) bond motifs is 1. The van der Waals surface area contributed by atoms with Crippen molar-refractivity contribution in [2.45, 2.75) is 31.5 Å². The molecule has 0 aliphatic carbocycles. The van der Waals surface area contributed by atoms with E-state index in [4.69, 9.17) is 33.7 Å². The van der Waals surface area contributed by atoms with E-state index in [1.54, 1.807) is 22.7 Å². The van der Waals surface area contributed by atoms with E-state index in [-0.39, 0.29) is 12.1 Å². The average molecular weight is 414 g/mol. The molecule has 1 aliphatic heterocycles. The summed E-state index contributed by atoms with van der Waals surface area (Å²) in [6.45, 7) is 1.44. The van der Waals surface area contributed by atoms with Gasteiger partial charge in [-0.3, -0.25) is 0 Å². The molecule has 0 spiro atoms. The number of hydrogen-bond donors (Lipinski definition) is 2. The lowest BCUT2D eigenvalue weighted by molar-refractivity contribution is 0.00244. The number of anilines is 1. The lowest BCUT2D eigenvalue weighted by Crippen LogP contribution is -2.34. The number of hydrogen-bond acceptors (Lipinski definition) is 6. The quantitative estimate of drug-likeness (QED) is 0.557. The lowest BCUT2D eigenvalue weighted by atomic mass is 10.0. The van der Waals surface area contributed by atoms with Crippen LogP contribution in [0.4, 0.5) is 5.69 Å². The molecule has 1 saturated heterocycles. The molecule has 3 aromatic heterocycles. The van der Waals surface area contributed by atoms with Crippen molar-refractivity contribution in [1.29, 1.82) is 0 Å². The van der Waals surface area contributed by atoms with Crippen LogP contribution in [-0.2, 0) is 11.3 Å². The Hall–Kier alpha value is -0.890. The first-order valence-electron chi connectivity index (χ1n) is 8.05. The molecule has 1 aliphatic rings. The number of pyridine rings is 1. The summed E-state index contributed by atoms with van der Waals surface area (Å²) < 4.78 is 6.89. The predicted molar refractivity (Wildman–Crippen MR) is 107 cm³/mol. The van der Waals surface area contributed by atoms with E-state index in [0.717, 1.165) is 34.7 Å². The van der Waals surface area contributed by atoms with E-state index in [0.29, 0.717) is 22.3 Å². The first-order valence-corrected chi connectivity index (χ1v) is 10.5. The fourth-order valence-electron chi connectivity index (χ4n) is 3.01. The first kappa shape index (κ1) is 17.5. The second kappa shape index (κ2) is 7.39. The highest BCUT2D eigenvalue weighted by atomic mass is 35.5. The van der Waals surface area contributed by atoms with Crippen LogP contribution in [0.25, 0.3) is 10.2 Å². The van der Waals surface area contributed by atoms with Gasteiger partial charge in [0.05, 0.1) is 20.3 Å². The van der Waals surface area contributed by atoms with Crippen LogP contribution in [0.1, 0.15) is 28.7 Å². The Bertz CT molecular complexity index is 882. The van der Waals surface area contributed by atoms with E-state index in [2.05, 4.69) is 21.7 Å². The predicted octanol–water partition coefficient (Wildman–Crippen LogP) is 5.46. The Morgan fingerprint density at radius 2 is 2.28 bits per heavy atom. The summed E-state index contributed by atoms with van der Waals surface area (Å²) in [5.41, 5.74) is 7.90. The third kappa shape index (κ3) is 3.52. The standard InChI is InChI=1S/C17H17Cl2N3OS2/c18-12-7-11(21-8-9-3-2-6-24-9)16-14(22-12)13(19)17(25-16)15-10(20)4-1-5-23-15/h2-3,6-7,10,15H,1,4-5,8,20H2,(H,21,22)/t10-,15+/m0/s1. The molecule has 132 valence electrons. The van der Waals surface area contributed by atoms with Gasteiger partial charge in [-0.1, -0.05) is 29.3 Å². The molecule has 0 unspecified atom stereocenters. The van der Waals surface area contributed by atoms with Crippen LogP contribution in [0.15, 0.2) is 23.6 Å². The van der Waals surface area contributed by atoms with Gasteiger partial charge < -0.3 is 15.8 Å². The summed E-state index contributed by atoms with van der Waals surface area (Å²) in [6, 6.07) is 5.94. The molecule has 1 fully saturated rings. The summed E-state index contributed by atoms with van der Waals surface area (Å²) in [5, 5.41) is 6.53. The Labute approximate surface area is 163 Å². The molecule has 3 aromatic rings.